The van der Waals surface area contributed by atoms with E-state index in [0.29, 0.717) is 12.6 Å². The molecule has 0 fully saturated rings. The van der Waals surface area contributed by atoms with E-state index in [1.165, 1.54) is 5.56 Å². The van der Waals surface area contributed by atoms with Crippen molar-refractivity contribution in [3.05, 3.63) is 36.4 Å². The molecule has 1 aromatic carbocycles. The summed E-state index contributed by atoms with van der Waals surface area (Å²) in [6.07, 6.45) is 1.88. The molecule has 0 aromatic heterocycles. The number of methoxy groups -OCH3 is 1. The van der Waals surface area contributed by atoms with Gasteiger partial charge in [-0.3, -0.25) is 0 Å². The molecule has 0 amide bonds. The second kappa shape index (κ2) is 6.97. The van der Waals surface area contributed by atoms with E-state index in [-0.39, 0.29) is 0 Å². The Labute approximate surface area is 103 Å². The number of rotatable bonds is 7. The minimum absolute atomic E-state index is 0.299. The highest BCUT2D eigenvalue weighted by molar-refractivity contribution is 5.42. The van der Waals surface area contributed by atoms with Crippen molar-refractivity contribution in [2.45, 2.75) is 26.4 Å². The fourth-order valence-electron chi connectivity index (χ4n) is 1.46. The van der Waals surface area contributed by atoms with Crippen LogP contribution in [0.5, 0.6) is 11.5 Å². The summed E-state index contributed by atoms with van der Waals surface area (Å²) in [7, 11) is 1.65. The first-order valence-corrected chi connectivity index (χ1v) is 5.87. The van der Waals surface area contributed by atoms with Crippen molar-refractivity contribution in [1.29, 1.82) is 0 Å². The van der Waals surface area contributed by atoms with Gasteiger partial charge in [0.1, 0.15) is 0 Å². The van der Waals surface area contributed by atoms with Gasteiger partial charge in [-0.05, 0) is 31.5 Å². The lowest BCUT2D eigenvalue weighted by atomic mass is 10.2. The number of hydrogen-bond donors (Lipinski definition) is 1. The van der Waals surface area contributed by atoms with Crippen LogP contribution in [-0.4, -0.2) is 19.8 Å². The lowest BCUT2D eigenvalue weighted by Gasteiger charge is -2.13. The molecule has 0 radical (unpaired) electrons. The summed E-state index contributed by atoms with van der Waals surface area (Å²) < 4.78 is 10.8. The van der Waals surface area contributed by atoms with Crippen molar-refractivity contribution in [3.63, 3.8) is 0 Å². The zero-order valence-corrected chi connectivity index (χ0v) is 10.8. The molecule has 1 rings (SSSR count). The van der Waals surface area contributed by atoms with Gasteiger partial charge in [0.05, 0.1) is 13.7 Å². The van der Waals surface area contributed by atoms with Crippen LogP contribution >= 0.6 is 0 Å². The number of nitrogens with one attached hydrogen (secondary N) is 1. The predicted octanol–water partition coefficient (Wildman–Crippen LogP) is 2.76. The highest BCUT2D eigenvalue weighted by Crippen LogP contribution is 2.27. The third kappa shape index (κ3) is 4.11. The van der Waals surface area contributed by atoms with Crippen LogP contribution in [-0.2, 0) is 6.54 Å². The predicted molar refractivity (Wildman–Crippen MR) is 70.7 cm³/mol. The monoisotopic (exact) mass is 235 g/mol. The van der Waals surface area contributed by atoms with Gasteiger partial charge in [-0.2, -0.15) is 0 Å². The first-order valence-electron chi connectivity index (χ1n) is 5.87. The van der Waals surface area contributed by atoms with E-state index in [4.69, 9.17) is 9.47 Å². The molecule has 1 aromatic rings. The summed E-state index contributed by atoms with van der Waals surface area (Å²) in [4.78, 5) is 0. The zero-order chi connectivity index (χ0) is 12.7. The van der Waals surface area contributed by atoms with E-state index < -0.39 is 0 Å². The van der Waals surface area contributed by atoms with Crippen LogP contribution < -0.4 is 14.8 Å². The summed E-state index contributed by atoms with van der Waals surface area (Å²) in [5.41, 5.74) is 1.17. The average Bonchev–Trinajstić information content (AvgIpc) is 2.37. The van der Waals surface area contributed by atoms with Crippen LogP contribution in [0.25, 0.3) is 0 Å². The minimum Gasteiger partial charge on any atom is -0.493 e. The standard InChI is InChI=1S/C14H21NO2/c1-5-11(3)15-10-12-7-8-13(17-6-2)14(9-12)16-4/h5,7-9,11,15H,1,6,10H2,2-4H3. The van der Waals surface area contributed by atoms with Crippen LogP contribution in [0.1, 0.15) is 19.4 Å². The SMILES string of the molecule is C=CC(C)NCc1ccc(OCC)c(OC)c1. The summed E-state index contributed by atoms with van der Waals surface area (Å²) in [5.74, 6) is 1.56. The molecule has 0 heterocycles. The van der Waals surface area contributed by atoms with Gasteiger partial charge in [-0.15, -0.1) is 6.58 Å². The minimum atomic E-state index is 0.299. The van der Waals surface area contributed by atoms with Crippen LogP contribution in [0.15, 0.2) is 30.9 Å². The van der Waals surface area contributed by atoms with Crippen molar-refractivity contribution in [2.24, 2.45) is 0 Å². The summed E-state index contributed by atoms with van der Waals surface area (Å²) in [6.45, 7) is 9.19. The Balaban J connectivity index is 2.71. The van der Waals surface area contributed by atoms with Crippen molar-refractivity contribution in [3.8, 4) is 11.5 Å². The molecule has 17 heavy (non-hydrogen) atoms. The van der Waals surface area contributed by atoms with Gasteiger partial charge < -0.3 is 14.8 Å². The maximum absolute atomic E-state index is 5.47. The van der Waals surface area contributed by atoms with Gasteiger partial charge in [0, 0.05) is 12.6 Å². The Morgan fingerprint density at radius 1 is 1.41 bits per heavy atom. The third-order valence-corrected chi connectivity index (χ3v) is 2.51. The van der Waals surface area contributed by atoms with E-state index in [1.807, 2.05) is 31.2 Å². The molecule has 0 saturated carbocycles. The van der Waals surface area contributed by atoms with E-state index in [0.717, 1.165) is 18.0 Å². The van der Waals surface area contributed by atoms with Gasteiger partial charge in [0.25, 0.3) is 0 Å². The number of ether oxygens (including phenoxy) is 2. The van der Waals surface area contributed by atoms with Gasteiger partial charge in [-0.25, -0.2) is 0 Å². The molecule has 0 spiro atoms. The first kappa shape index (κ1) is 13.6. The molecule has 3 nitrogen and oxygen atoms in total. The van der Waals surface area contributed by atoms with E-state index in [2.05, 4.69) is 18.8 Å². The van der Waals surface area contributed by atoms with Crippen molar-refractivity contribution in [1.82, 2.24) is 5.32 Å². The number of benzene rings is 1. The summed E-state index contributed by atoms with van der Waals surface area (Å²) in [6, 6.07) is 6.27. The number of hydrogen-bond acceptors (Lipinski definition) is 3. The maximum atomic E-state index is 5.47. The van der Waals surface area contributed by atoms with Crippen LogP contribution in [0.3, 0.4) is 0 Å². The third-order valence-electron chi connectivity index (χ3n) is 2.51. The van der Waals surface area contributed by atoms with E-state index in [9.17, 15) is 0 Å². The lowest BCUT2D eigenvalue weighted by Crippen LogP contribution is -2.22. The Morgan fingerprint density at radius 3 is 2.76 bits per heavy atom. The van der Waals surface area contributed by atoms with E-state index in [1.54, 1.807) is 7.11 Å². The van der Waals surface area contributed by atoms with Gasteiger partial charge in [0.15, 0.2) is 11.5 Å². The van der Waals surface area contributed by atoms with Crippen molar-refractivity contribution >= 4 is 0 Å². The molecule has 1 unspecified atom stereocenters. The van der Waals surface area contributed by atoms with Gasteiger partial charge in [-0.1, -0.05) is 12.1 Å². The molecule has 94 valence electrons. The quantitative estimate of drug-likeness (QED) is 0.737. The maximum Gasteiger partial charge on any atom is 0.161 e. The molecule has 0 aliphatic heterocycles. The highest BCUT2D eigenvalue weighted by atomic mass is 16.5. The fraction of sp³-hybridized carbons (Fsp3) is 0.429. The van der Waals surface area contributed by atoms with Crippen molar-refractivity contribution < 1.29 is 9.47 Å². The largest absolute Gasteiger partial charge is 0.493 e. The molecular weight excluding hydrogens is 214 g/mol. The Kier molecular flexibility index (Phi) is 5.57. The van der Waals surface area contributed by atoms with Gasteiger partial charge >= 0.3 is 0 Å². The molecule has 0 bridgehead atoms. The second-order valence-electron chi connectivity index (χ2n) is 3.82. The zero-order valence-electron chi connectivity index (χ0n) is 10.8. The molecule has 0 aliphatic rings. The second-order valence-corrected chi connectivity index (χ2v) is 3.82. The van der Waals surface area contributed by atoms with Crippen molar-refractivity contribution in [2.75, 3.05) is 13.7 Å². The highest BCUT2D eigenvalue weighted by Gasteiger charge is 2.05. The average molecular weight is 235 g/mol. The van der Waals surface area contributed by atoms with Crippen LogP contribution in [0, 0.1) is 0 Å². The van der Waals surface area contributed by atoms with Crippen LogP contribution in [0.2, 0.25) is 0 Å². The fourth-order valence-corrected chi connectivity index (χ4v) is 1.46. The molecule has 3 heteroatoms. The smallest absolute Gasteiger partial charge is 0.161 e. The Bertz CT molecular complexity index is 363. The molecule has 1 atom stereocenters. The Morgan fingerprint density at radius 2 is 2.18 bits per heavy atom. The first-order chi connectivity index (χ1) is 8.21. The molecule has 0 aliphatic carbocycles. The normalized spacial score (nSPS) is 11.9. The summed E-state index contributed by atoms with van der Waals surface area (Å²) in [5, 5.41) is 3.34. The molecule has 0 saturated heterocycles. The van der Waals surface area contributed by atoms with E-state index >= 15 is 0 Å². The lowest BCUT2D eigenvalue weighted by molar-refractivity contribution is 0.310. The Hall–Kier alpha value is -1.48. The summed E-state index contributed by atoms with van der Waals surface area (Å²) >= 11 is 0. The van der Waals surface area contributed by atoms with Gasteiger partial charge in [0.2, 0.25) is 0 Å². The molecular formula is C14H21NO2. The molecule has 1 N–H and O–H groups in total. The topological polar surface area (TPSA) is 30.5 Å². The van der Waals surface area contributed by atoms with Crippen LogP contribution in [0.4, 0.5) is 0 Å².